The van der Waals surface area contributed by atoms with E-state index in [2.05, 4.69) is 5.32 Å². The highest BCUT2D eigenvalue weighted by molar-refractivity contribution is 8.00. The second-order valence-corrected chi connectivity index (χ2v) is 6.96. The fourth-order valence-electron chi connectivity index (χ4n) is 2.20. The number of rotatable bonds is 6. The largest absolute Gasteiger partial charge is 0.495 e. The van der Waals surface area contributed by atoms with Crippen LogP contribution in [0, 0.1) is 6.92 Å². The molecule has 0 radical (unpaired) electrons. The van der Waals surface area contributed by atoms with Gasteiger partial charge in [0.05, 0.1) is 18.6 Å². The second-order valence-electron chi connectivity index (χ2n) is 5.23. The Kier molecular flexibility index (Phi) is 6.37. The summed E-state index contributed by atoms with van der Waals surface area (Å²) >= 11 is 7.74. The number of thioether (sulfide) groups is 1. The van der Waals surface area contributed by atoms with Gasteiger partial charge in [-0.05, 0) is 43.2 Å². The van der Waals surface area contributed by atoms with Crippen molar-refractivity contribution in [3.05, 3.63) is 58.6 Å². The molecule has 2 rings (SSSR count). The van der Waals surface area contributed by atoms with E-state index in [-0.39, 0.29) is 11.2 Å². The van der Waals surface area contributed by atoms with E-state index in [1.807, 2.05) is 56.3 Å². The number of carbonyl (C=O) groups is 1. The lowest BCUT2D eigenvalue weighted by Crippen LogP contribution is -2.15. The molecule has 1 amide bonds. The Balaban J connectivity index is 1.95. The highest BCUT2D eigenvalue weighted by Crippen LogP contribution is 2.33. The van der Waals surface area contributed by atoms with Crippen LogP contribution >= 0.6 is 23.4 Å². The molecule has 1 atom stereocenters. The van der Waals surface area contributed by atoms with Crippen LogP contribution in [0.1, 0.15) is 23.3 Å². The minimum absolute atomic E-state index is 0.0576. The van der Waals surface area contributed by atoms with Crippen molar-refractivity contribution in [3.8, 4) is 5.75 Å². The Morgan fingerprint density at radius 3 is 2.74 bits per heavy atom. The molecule has 5 heteroatoms. The molecule has 0 aliphatic heterocycles. The maximum atomic E-state index is 12.2. The molecule has 0 aliphatic rings. The van der Waals surface area contributed by atoms with Crippen LogP contribution in [0.15, 0.2) is 42.5 Å². The van der Waals surface area contributed by atoms with Crippen LogP contribution in [-0.2, 0) is 4.79 Å². The SMILES string of the molecule is COc1ccc(C)cc1NC(=O)CS[C@@H](C)c1ccccc1Cl. The van der Waals surface area contributed by atoms with Gasteiger partial charge in [-0.2, -0.15) is 0 Å². The van der Waals surface area contributed by atoms with Crippen LogP contribution in [0.3, 0.4) is 0 Å². The van der Waals surface area contributed by atoms with Crippen LogP contribution < -0.4 is 10.1 Å². The number of hydrogen-bond acceptors (Lipinski definition) is 3. The Labute approximate surface area is 146 Å². The Morgan fingerprint density at radius 2 is 2.04 bits per heavy atom. The third-order valence-electron chi connectivity index (χ3n) is 3.44. The summed E-state index contributed by atoms with van der Waals surface area (Å²) in [6, 6.07) is 13.4. The number of ether oxygens (including phenoxy) is 1. The van der Waals surface area contributed by atoms with Crippen LogP contribution in [0.5, 0.6) is 5.75 Å². The molecule has 0 fully saturated rings. The molecule has 23 heavy (non-hydrogen) atoms. The minimum atomic E-state index is -0.0576. The molecule has 0 aromatic heterocycles. The number of aryl methyl sites for hydroxylation is 1. The zero-order chi connectivity index (χ0) is 16.8. The number of anilines is 1. The molecule has 3 nitrogen and oxygen atoms in total. The van der Waals surface area contributed by atoms with E-state index in [0.717, 1.165) is 16.1 Å². The topological polar surface area (TPSA) is 38.3 Å². The normalized spacial score (nSPS) is 11.8. The Morgan fingerprint density at radius 1 is 1.30 bits per heavy atom. The van der Waals surface area contributed by atoms with Gasteiger partial charge < -0.3 is 10.1 Å². The zero-order valence-corrected chi connectivity index (χ0v) is 15.0. The van der Waals surface area contributed by atoms with E-state index >= 15 is 0 Å². The number of amides is 1. The van der Waals surface area contributed by atoms with Crippen molar-refractivity contribution in [3.63, 3.8) is 0 Å². The summed E-state index contributed by atoms with van der Waals surface area (Å²) in [4.78, 5) is 12.2. The molecule has 2 aromatic rings. The summed E-state index contributed by atoms with van der Waals surface area (Å²) in [5.41, 5.74) is 2.81. The van der Waals surface area contributed by atoms with Crippen molar-refractivity contribution in [2.45, 2.75) is 19.1 Å². The molecule has 0 aliphatic carbocycles. The molecule has 2 aromatic carbocycles. The van der Waals surface area contributed by atoms with Crippen molar-refractivity contribution in [2.24, 2.45) is 0 Å². The number of carbonyl (C=O) groups excluding carboxylic acids is 1. The molecule has 1 N–H and O–H groups in total. The third-order valence-corrected chi connectivity index (χ3v) is 4.96. The predicted octanol–water partition coefficient (Wildman–Crippen LogP) is 5.09. The molecule has 0 heterocycles. The number of methoxy groups -OCH3 is 1. The van der Waals surface area contributed by atoms with Gasteiger partial charge >= 0.3 is 0 Å². The van der Waals surface area contributed by atoms with Gasteiger partial charge in [-0.15, -0.1) is 11.8 Å². The van der Waals surface area contributed by atoms with Crippen molar-refractivity contribution in [1.29, 1.82) is 0 Å². The van der Waals surface area contributed by atoms with Crippen LogP contribution in [0.25, 0.3) is 0 Å². The van der Waals surface area contributed by atoms with Crippen molar-refractivity contribution >= 4 is 35.0 Å². The first-order valence-electron chi connectivity index (χ1n) is 7.31. The maximum Gasteiger partial charge on any atom is 0.234 e. The maximum absolute atomic E-state index is 12.2. The van der Waals surface area contributed by atoms with Gasteiger partial charge in [-0.3, -0.25) is 4.79 Å². The van der Waals surface area contributed by atoms with Crippen LogP contribution in [-0.4, -0.2) is 18.8 Å². The van der Waals surface area contributed by atoms with E-state index in [4.69, 9.17) is 16.3 Å². The van der Waals surface area contributed by atoms with Gasteiger partial charge in [0.2, 0.25) is 5.91 Å². The number of hydrogen-bond donors (Lipinski definition) is 1. The molecule has 122 valence electrons. The van der Waals surface area contributed by atoms with Gasteiger partial charge in [0, 0.05) is 10.3 Å². The molecule has 0 bridgehead atoms. The highest BCUT2D eigenvalue weighted by Gasteiger charge is 2.13. The van der Waals surface area contributed by atoms with Gasteiger partial charge in [-0.1, -0.05) is 35.9 Å². The lowest BCUT2D eigenvalue weighted by atomic mass is 10.2. The number of benzene rings is 2. The lowest BCUT2D eigenvalue weighted by molar-refractivity contribution is -0.113. The van der Waals surface area contributed by atoms with Gasteiger partial charge in [0.15, 0.2) is 0 Å². The highest BCUT2D eigenvalue weighted by atomic mass is 35.5. The van der Waals surface area contributed by atoms with Gasteiger partial charge in [0.25, 0.3) is 0 Å². The third kappa shape index (κ3) is 4.91. The first-order chi connectivity index (χ1) is 11.0. The predicted molar refractivity (Wildman–Crippen MR) is 98.7 cm³/mol. The van der Waals surface area contributed by atoms with E-state index in [1.54, 1.807) is 18.9 Å². The average Bonchev–Trinajstić information content (AvgIpc) is 2.53. The summed E-state index contributed by atoms with van der Waals surface area (Å²) < 4.78 is 5.27. The van der Waals surface area contributed by atoms with E-state index in [1.165, 1.54) is 0 Å². The van der Waals surface area contributed by atoms with Crippen LogP contribution in [0.4, 0.5) is 5.69 Å². The summed E-state index contributed by atoms with van der Waals surface area (Å²) in [5.74, 6) is 0.953. The smallest absolute Gasteiger partial charge is 0.234 e. The average molecular weight is 350 g/mol. The standard InChI is InChI=1S/C18H20ClNO2S/c1-12-8-9-17(22-3)16(10-12)20-18(21)11-23-13(2)14-6-4-5-7-15(14)19/h4-10,13H,11H2,1-3H3,(H,20,21)/t13-/m0/s1. The fraction of sp³-hybridized carbons (Fsp3) is 0.278. The van der Waals surface area contributed by atoms with E-state index in [0.29, 0.717) is 17.2 Å². The van der Waals surface area contributed by atoms with E-state index in [9.17, 15) is 4.79 Å². The number of halogens is 1. The Hall–Kier alpha value is -1.65. The summed E-state index contributed by atoms with van der Waals surface area (Å²) in [7, 11) is 1.59. The molecule has 0 saturated heterocycles. The molecular formula is C18H20ClNO2S. The van der Waals surface area contributed by atoms with E-state index < -0.39 is 0 Å². The Bertz CT molecular complexity index is 690. The summed E-state index contributed by atoms with van der Waals surface area (Å²) in [5, 5.41) is 3.78. The quantitative estimate of drug-likeness (QED) is 0.789. The summed E-state index contributed by atoms with van der Waals surface area (Å²) in [6.07, 6.45) is 0. The van der Waals surface area contributed by atoms with Crippen molar-refractivity contribution in [2.75, 3.05) is 18.2 Å². The van der Waals surface area contributed by atoms with Crippen molar-refractivity contribution in [1.82, 2.24) is 0 Å². The van der Waals surface area contributed by atoms with Gasteiger partial charge in [0.1, 0.15) is 5.75 Å². The second kappa shape index (κ2) is 8.27. The molecular weight excluding hydrogens is 330 g/mol. The van der Waals surface area contributed by atoms with Crippen LogP contribution in [0.2, 0.25) is 5.02 Å². The zero-order valence-electron chi connectivity index (χ0n) is 13.4. The molecule has 0 saturated carbocycles. The molecule has 0 spiro atoms. The van der Waals surface area contributed by atoms with Crippen molar-refractivity contribution < 1.29 is 9.53 Å². The monoisotopic (exact) mass is 349 g/mol. The molecule has 0 unspecified atom stereocenters. The minimum Gasteiger partial charge on any atom is -0.495 e. The van der Waals surface area contributed by atoms with Gasteiger partial charge in [-0.25, -0.2) is 0 Å². The fourth-order valence-corrected chi connectivity index (χ4v) is 3.42. The first-order valence-corrected chi connectivity index (χ1v) is 8.74. The summed E-state index contributed by atoms with van der Waals surface area (Å²) in [6.45, 7) is 4.02. The number of nitrogens with one attached hydrogen (secondary N) is 1. The lowest BCUT2D eigenvalue weighted by Gasteiger charge is -2.14. The first kappa shape index (κ1) is 17.7.